The van der Waals surface area contributed by atoms with Gasteiger partial charge < -0.3 is 4.74 Å². The molecule has 0 aromatic heterocycles. The second kappa shape index (κ2) is 8.98. The van der Waals surface area contributed by atoms with Crippen molar-refractivity contribution in [2.75, 3.05) is 6.61 Å². The topological polar surface area (TPSA) is 67.4 Å². The Morgan fingerprint density at radius 2 is 1.88 bits per heavy atom. The molecule has 25 heavy (non-hydrogen) atoms. The summed E-state index contributed by atoms with van der Waals surface area (Å²) in [6.45, 7) is 1.69. The Labute approximate surface area is 153 Å². The van der Waals surface area contributed by atoms with Gasteiger partial charge in [-0.2, -0.15) is 0 Å². The lowest BCUT2D eigenvalue weighted by Gasteiger charge is -2.09. The van der Waals surface area contributed by atoms with Crippen molar-refractivity contribution in [3.05, 3.63) is 70.0 Å². The summed E-state index contributed by atoms with van der Waals surface area (Å²) >= 11 is 3.35. The van der Waals surface area contributed by atoms with Crippen molar-refractivity contribution in [3.8, 4) is 5.75 Å². The fourth-order valence-corrected chi connectivity index (χ4v) is 2.43. The average molecular weight is 407 g/mol. The summed E-state index contributed by atoms with van der Waals surface area (Å²) in [5.41, 5.74) is 6.19. The fourth-order valence-electron chi connectivity index (χ4n) is 1.82. The summed E-state index contributed by atoms with van der Waals surface area (Å²) in [6.07, 6.45) is 2.73. The maximum absolute atomic E-state index is 12.8. The largest absolute Gasteiger partial charge is 0.483 e. The molecule has 0 fully saturated rings. The summed E-state index contributed by atoms with van der Waals surface area (Å²) in [4.78, 5) is 23.3. The van der Waals surface area contributed by atoms with Crippen LogP contribution in [0.3, 0.4) is 0 Å². The molecule has 0 aliphatic carbocycles. The van der Waals surface area contributed by atoms with Crippen molar-refractivity contribution in [1.82, 2.24) is 10.9 Å². The first kappa shape index (κ1) is 18.7. The van der Waals surface area contributed by atoms with E-state index in [2.05, 4.69) is 26.8 Å². The molecular weight excluding hydrogens is 391 g/mol. The number of ether oxygens (including phenoxy) is 1. The first-order valence-corrected chi connectivity index (χ1v) is 8.15. The van der Waals surface area contributed by atoms with Gasteiger partial charge in [-0.05, 0) is 64.3 Å². The predicted molar refractivity (Wildman–Crippen MR) is 96.1 cm³/mol. The number of hydrogen-bond donors (Lipinski definition) is 2. The van der Waals surface area contributed by atoms with Crippen molar-refractivity contribution >= 4 is 33.8 Å². The highest BCUT2D eigenvalue weighted by Gasteiger charge is 2.06. The van der Waals surface area contributed by atoms with Crippen LogP contribution in [0.15, 0.2) is 53.0 Å². The molecule has 0 saturated carbocycles. The van der Waals surface area contributed by atoms with Crippen LogP contribution in [-0.4, -0.2) is 18.4 Å². The van der Waals surface area contributed by atoms with Gasteiger partial charge in [0.05, 0.1) is 4.47 Å². The Morgan fingerprint density at radius 1 is 1.16 bits per heavy atom. The van der Waals surface area contributed by atoms with Crippen LogP contribution in [-0.2, 0) is 9.59 Å². The van der Waals surface area contributed by atoms with Gasteiger partial charge in [-0.3, -0.25) is 20.4 Å². The van der Waals surface area contributed by atoms with Crippen LogP contribution in [0.5, 0.6) is 5.75 Å². The zero-order chi connectivity index (χ0) is 18.2. The van der Waals surface area contributed by atoms with Gasteiger partial charge in [-0.1, -0.05) is 18.2 Å². The van der Waals surface area contributed by atoms with Gasteiger partial charge in [0.25, 0.3) is 11.8 Å². The van der Waals surface area contributed by atoms with Gasteiger partial charge >= 0.3 is 0 Å². The molecule has 2 aromatic carbocycles. The molecule has 0 saturated heterocycles. The molecule has 0 unspecified atom stereocenters. The van der Waals surface area contributed by atoms with E-state index in [-0.39, 0.29) is 12.4 Å². The van der Waals surface area contributed by atoms with E-state index in [0.717, 1.165) is 10.0 Å². The minimum atomic E-state index is -0.519. The van der Waals surface area contributed by atoms with Gasteiger partial charge in [0, 0.05) is 6.08 Å². The number of amides is 2. The third kappa shape index (κ3) is 6.39. The third-order valence-electron chi connectivity index (χ3n) is 3.07. The van der Waals surface area contributed by atoms with Gasteiger partial charge in [0.1, 0.15) is 11.6 Å². The summed E-state index contributed by atoms with van der Waals surface area (Å²) in [7, 11) is 0. The molecule has 2 aromatic rings. The zero-order valence-corrected chi connectivity index (χ0v) is 15.0. The van der Waals surface area contributed by atoms with E-state index < -0.39 is 11.8 Å². The molecule has 0 radical (unpaired) electrons. The maximum atomic E-state index is 12.8. The minimum Gasteiger partial charge on any atom is -0.483 e. The Bertz CT molecular complexity index is 791. The molecule has 7 heteroatoms. The van der Waals surface area contributed by atoms with E-state index in [1.807, 2.05) is 19.1 Å². The number of hydrogen-bond acceptors (Lipinski definition) is 3. The van der Waals surface area contributed by atoms with Crippen LogP contribution in [0.4, 0.5) is 4.39 Å². The number of hydrazine groups is 1. The van der Waals surface area contributed by atoms with Gasteiger partial charge in [0.2, 0.25) is 0 Å². The molecule has 0 atom stereocenters. The normalized spacial score (nSPS) is 10.5. The second-order valence-corrected chi connectivity index (χ2v) is 6.00. The molecule has 2 amide bonds. The smallest absolute Gasteiger partial charge is 0.276 e. The monoisotopic (exact) mass is 406 g/mol. The van der Waals surface area contributed by atoms with Crippen molar-refractivity contribution < 1.29 is 18.7 Å². The first-order valence-electron chi connectivity index (χ1n) is 7.35. The highest BCUT2D eigenvalue weighted by Crippen LogP contribution is 2.25. The van der Waals surface area contributed by atoms with E-state index in [9.17, 15) is 14.0 Å². The Hall–Kier alpha value is -2.67. The molecule has 5 nitrogen and oxygen atoms in total. The van der Waals surface area contributed by atoms with Crippen molar-refractivity contribution in [2.45, 2.75) is 6.92 Å². The minimum absolute atomic E-state index is 0.246. The predicted octanol–water partition coefficient (Wildman–Crippen LogP) is 3.14. The van der Waals surface area contributed by atoms with Gasteiger partial charge in [-0.15, -0.1) is 0 Å². The number of halogens is 2. The average Bonchev–Trinajstić information content (AvgIpc) is 2.58. The summed E-state index contributed by atoms with van der Waals surface area (Å²) in [6, 6.07) is 11.1. The Kier molecular flexibility index (Phi) is 6.71. The first-order chi connectivity index (χ1) is 11.9. The van der Waals surface area contributed by atoms with Crippen LogP contribution in [0.25, 0.3) is 6.08 Å². The van der Waals surface area contributed by atoms with Gasteiger partial charge in [-0.25, -0.2) is 4.39 Å². The maximum Gasteiger partial charge on any atom is 0.276 e. The molecule has 130 valence electrons. The molecular formula is C18H16BrFN2O3. The number of aryl methyl sites for hydroxylation is 1. The van der Waals surface area contributed by atoms with E-state index in [1.54, 1.807) is 6.07 Å². The van der Waals surface area contributed by atoms with Crippen molar-refractivity contribution in [1.29, 1.82) is 0 Å². The lowest BCUT2D eigenvalue weighted by molar-refractivity contribution is -0.128. The zero-order valence-electron chi connectivity index (χ0n) is 13.4. The highest BCUT2D eigenvalue weighted by atomic mass is 79.9. The van der Waals surface area contributed by atoms with Crippen molar-refractivity contribution in [2.24, 2.45) is 0 Å². The summed E-state index contributed by atoms with van der Waals surface area (Å²) in [5.74, 6) is -0.845. The Morgan fingerprint density at radius 3 is 2.56 bits per heavy atom. The lowest BCUT2D eigenvalue weighted by Crippen LogP contribution is -2.43. The van der Waals surface area contributed by atoms with Crippen LogP contribution >= 0.6 is 15.9 Å². The van der Waals surface area contributed by atoms with Crippen LogP contribution < -0.4 is 15.6 Å². The third-order valence-corrected chi connectivity index (χ3v) is 3.69. The van der Waals surface area contributed by atoms with Crippen LogP contribution in [0.2, 0.25) is 0 Å². The van der Waals surface area contributed by atoms with E-state index >= 15 is 0 Å². The standard InChI is InChI=1S/C18H16BrFN2O3/c1-12-2-8-16(15(19)10-12)25-11-18(24)22-21-17(23)9-5-13-3-6-14(20)7-4-13/h2-10H,11H2,1H3,(H,21,23)(H,22,24). The van der Waals surface area contributed by atoms with E-state index in [4.69, 9.17) is 4.74 Å². The molecule has 0 heterocycles. The molecule has 2 N–H and O–H groups in total. The lowest BCUT2D eigenvalue weighted by atomic mass is 10.2. The molecule has 0 bridgehead atoms. The number of carbonyl (C=O) groups excluding carboxylic acids is 2. The van der Waals surface area contributed by atoms with E-state index in [0.29, 0.717) is 11.3 Å². The highest BCUT2D eigenvalue weighted by molar-refractivity contribution is 9.10. The Balaban J connectivity index is 1.75. The summed E-state index contributed by atoms with van der Waals surface area (Å²) in [5, 5.41) is 0. The number of nitrogens with one attached hydrogen (secondary N) is 2. The quantitative estimate of drug-likeness (QED) is 0.591. The van der Waals surface area contributed by atoms with Crippen molar-refractivity contribution in [3.63, 3.8) is 0 Å². The number of benzene rings is 2. The molecule has 0 aliphatic rings. The molecule has 0 spiro atoms. The van der Waals surface area contributed by atoms with Gasteiger partial charge in [0.15, 0.2) is 6.61 Å². The van der Waals surface area contributed by atoms with Crippen LogP contribution in [0.1, 0.15) is 11.1 Å². The van der Waals surface area contributed by atoms with Crippen LogP contribution in [0, 0.1) is 12.7 Å². The molecule has 2 rings (SSSR count). The SMILES string of the molecule is Cc1ccc(OCC(=O)NNC(=O)C=Cc2ccc(F)cc2)c(Br)c1. The fraction of sp³-hybridized carbons (Fsp3) is 0.111. The second-order valence-electron chi connectivity index (χ2n) is 5.14. The number of carbonyl (C=O) groups is 2. The van der Waals surface area contributed by atoms with E-state index in [1.165, 1.54) is 36.4 Å². The number of rotatable bonds is 5. The summed E-state index contributed by atoms with van der Waals surface area (Å²) < 4.78 is 18.9. The molecule has 0 aliphatic heterocycles.